The highest BCUT2D eigenvalue weighted by Crippen LogP contribution is 2.07. The summed E-state index contributed by atoms with van der Waals surface area (Å²) in [5.41, 5.74) is 8.94. The number of nitrogens with two attached hydrogens (primary N) is 1. The van der Waals surface area contributed by atoms with E-state index >= 15 is 0 Å². The predicted molar refractivity (Wildman–Crippen MR) is 82.5 cm³/mol. The van der Waals surface area contributed by atoms with Gasteiger partial charge in [0.2, 0.25) is 0 Å². The molecular formula is C15H15N3OS. The molecule has 1 aromatic heterocycles. The van der Waals surface area contributed by atoms with E-state index in [1.165, 1.54) is 0 Å². The number of benzene rings is 1. The van der Waals surface area contributed by atoms with Gasteiger partial charge in [-0.15, -0.1) is 0 Å². The SMILES string of the molecule is Cc1ccncc1CNC(=O)c1ccc(C(N)=S)cc1. The molecule has 2 aromatic rings. The number of thiocarbonyl (C=S) groups is 1. The van der Waals surface area contributed by atoms with Crippen molar-refractivity contribution in [1.82, 2.24) is 10.3 Å². The fourth-order valence-electron chi connectivity index (χ4n) is 1.75. The Balaban J connectivity index is 2.02. The summed E-state index contributed by atoms with van der Waals surface area (Å²) in [6.07, 6.45) is 3.49. The monoisotopic (exact) mass is 285 g/mol. The zero-order valence-electron chi connectivity index (χ0n) is 11.1. The zero-order chi connectivity index (χ0) is 14.5. The molecule has 0 bridgehead atoms. The third-order valence-corrected chi connectivity index (χ3v) is 3.25. The molecule has 102 valence electrons. The van der Waals surface area contributed by atoms with E-state index in [1.54, 1.807) is 36.7 Å². The van der Waals surface area contributed by atoms with E-state index in [2.05, 4.69) is 10.3 Å². The van der Waals surface area contributed by atoms with Crippen molar-refractivity contribution in [3.05, 3.63) is 65.0 Å². The summed E-state index contributed by atoms with van der Waals surface area (Å²) in [5.74, 6) is -0.136. The molecule has 2 rings (SSSR count). The van der Waals surface area contributed by atoms with Crippen molar-refractivity contribution in [2.24, 2.45) is 5.73 Å². The molecule has 0 radical (unpaired) electrons. The van der Waals surface area contributed by atoms with Gasteiger partial charge in [0, 0.05) is 30.1 Å². The summed E-state index contributed by atoms with van der Waals surface area (Å²) in [7, 11) is 0. The van der Waals surface area contributed by atoms with Crippen molar-refractivity contribution in [1.29, 1.82) is 0 Å². The van der Waals surface area contributed by atoms with E-state index in [9.17, 15) is 4.79 Å². The molecule has 20 heavy (non-hydrogen) atoms. The molecule has 0 saturated heterocycles. The Morgan fingerprint density at radius 3 is 2.50 bits per heavy atom. The van der Waals surface area contributed by atoms with Crippen LogP contribution in [0.3, 0.4) is 0 Å². The van der Waals surface area contributed by atoms with Gasteiger partial charge in [-0.3, -0.25) is 9.78 Å². The number of hydrogen-bond donors (Lipinski definition) is 2. The molecule has 0 aliphatic rings. The van der Waals surface area contributed by atoms with Gasteiger partial charge in [0.1, 0.15) is 4.99 Å². The molecular weight excluding hydrogens is 270 g/mol. The number of rotatable bonds is 4. The average Bonchev–Trinajstić information content (AvgIpc) is 2.46. The molecule has 4 nitrogen and oxygen atoms in total. The lowest BCUT2D eigenvalue weighted by atomic mass is 10.1. The summed E-state index contributed by atoms with van der Waals surface area (Å²) < 4.78 is 0. The molecule has 1 amide bonds. The maximum atomic E-state index is 12.0. The van der Waals surface area contributed by atoms with Crippen LogP contribution >= 0.6 is 12.2 Å². The summed E-state index contributed by atoms with van der Waals surface area (Å²) in [6.45, 7) is 2.44. The first kappa shape index (κ1) is 14.1. The molecule has 0 spiro atoms. The van der Waals surface area contributed by atoms with Crippen molar-refractivity contribution in [2.45, 2.75) is 13.5 Å². The molecule has 3 N–H and O–H groups in total. The number of aromatic nitrogens is 1. The minimum absolute atomic E-state index is 0.136. The zero-order valence-corrected chi connectivity index (χ0v) is 11.9. The van der Waals surface area contributed by atoms with Crippen LogP contribution < -0.4 is 11.1 Å². The van der Waals surface area contributed by atoms with Crippen LogP contribution in [-0.4, -0.2) is 15.9 Å². The van der Waals surface area contributed by atoms with Crippen LogP contribution in [-0.2, 0) is 6.54 Å². The molecule has 1 aromatic carbocycles. The molecule has 0 fully saturated rings. The highest BCUT2D eigenvalue weighted by molar-refractivity contribution is 7.80. The lowest BCUT2D eigenvalue weighted by Crippen LogP contribution is -2.23. The Hall–Kier alpha value is -2.27. The summed E-state index contributed by atoms with van der Waals surface area (Å²) in [5, 5.41) is 2.86. The number of carbonyl (C=O) groups is 1. The lowest BCUT2D eigenvalue weighted by Gasteiger charge is -2.08. The summed E-state index contributed by atoms with van der Waals surface area (Å²) in [6, 6.07) is 8.82. The topological polar surface area (TPSA) is 68.0 Å². The third-order valence-electron chi connectivity index (χ3n) is 3.02. The number of nitrogens with one attached hydrogen (secondary N) is 1. The normalized spacial score (nSPS) is 10.1. The third kappa shape index (κ3) is 3.39. The highest BCUT2D eigenvalue weighted by atomic mass is 32.1. The number of nitrogens with zero attached hydrogens (tertiary/aromatic N) is 1. The van der Waals surface area contributed by atoms with Crippen LogP contribution in [0.2, 0.25) is 0 Å². The van der Waals surface area contributed by atoms with Crippen molar-refractivity contribution < 1.29 is 4.79 Å². The van der Waals surface area contributed by atoms with Gasteiger partial charge in [-0.25, -0.2) is 0 Å². The van der Waals surface area contributed by atoms with Gasteiger partial charge in [-0.2, -0.15) is 0 Å². The summed E-state index contributed by atoms with van der Waals surface area (Å²) in [4.78, 5) is 16.4. The molecule has 0 unspecified atom stereocenters. The standard InChI is InChI=1S/C15H15N3OS/c1-10-6-7-17-8-13(10)9-18-15(19)12-4-2-11(3-5-12)14(16)20/h2-8H,9H2,1H3,(H2,16,20)(H,18,19). The fraction of sp³-hybridized carbons (Fsp3) is 0.133. The quantitative estimate of drug-likeness (QED) is 0.843. The van der Waals surface area contributed by atoms with E-state index in [4.69, 9.17) is 18.0 Å². The number of hydrogen-bond acceptors (Lipinski definition) is 3. The fourth-order valence-corrected chi connectivity index (χ4v) is 1.88. The maximum Gasteiger partial charge on any atom is 0.251 e. The first-order chi connectivity index (χ1) is 9.58. The number of amides is 1. The molecule has 5 heteroatoms. The largest absolute Gasteiger partial charge is 0.389 e. The number of pyridine rings is 1. The lowest BCUT2D eigenvalue weighted by molar-refractivity contribution is 0.0951. The molecule has 1 heterocycles. The minimum atomic E-state index is -0.136. The second kappa shape index (κ2) is 6.25. The van der Waals surface area contributed by atoms with Gasteiger partial charge in [0.05, 0.1) is 0 Å². The van der Waals surface area contributed by atoms with E-state index in [1.807, 2.05) is 13.0 Å². The Morgan fingerprint density at radius 1 is 1.25 bits per heavy atom. The van der Waals surface area contributed by atoms with Crippen LogP contribution in [0.1, 0.15) is 27.0 Å². The first-order valence-electron chi connectivity index (χ1n) is 6.15. The van der Waals surface area contributed by atoms with Crippen LogP contribution in [0.25, 0.3) is 0 Å². The van der Waals surface area contributed by atoms with Crippen molar-refractivity contribution in [2.75, 3.05) is 0 Å². The van der Waals surface area contributed by atoms with Crippen molar-refractivity contribution >= 4 is 23.1 Å². The summed E-state index contributed by atoms with van der Waals surface area (Å²) >= 11 is 4.87. The maximum absolute atomic E-state index is 12.0. The van der Waals surface area contributed by atoms with Crippen LogP contribution in [0, 0.1) is 6.92 Å². The number of carbonyl (C=O) groups excluding carboxylic acids is 1. The molecule has 0 aliphatic carbocycles. The molecule has 0 aliphatic heterocycles. The Bertz CT molecular complexity index is 638. The van der Waals surface area contributed by atoms with E-state index in [-0.39, 0.29) is 5.91 Å². The van der Waals surface area contributed by atoms with Gasteiger partial charge < -0.3 is 11.1 Å². The second-order valence-corrected chi connectivity index (χ2v) is 4.87. The van der Waals surface area contributed by atoms with Crippen LogP contribution in [0.15, 0.2) is 42.7 Å². The highest BCUT2D eigenvalue weighted by Gasteiger charge is 2.06. The Labute approximate surface area is 123 Å². The minimum Gasteiger partial charge on any atom is -0.389 e. The van der Waals surface area contributed by atoms with E-state index in [0.717, 1.165) is 16.7 Å². The Kier molecular flexibility index (Phi) is 4.42. The first-order valence-corrected chi connectivity index (χ1v) is 6.56. The second-order valence-electron chi connectivity index (χ2n) is 4.43. The van der Waals surface area contributed by atoms with Crippen molar-refractivity contribution in [3.63, 3.8) is 0 Å². The Morgan fingerprint density at radius 2 is 1.90 bits per heavy atom. The van der Waals surface area contributed by atoms with Gasteiger partial charge in [0.15, 0.2) is 0 Å². The van der Waals surface area contributed by atoms with Gasteiger partial charge in [0.25, 0.3) is 5.91 Å². The number of aryl methyl sites for hydroxylation is 1. The van der Waals surface area contributed by atoms with E-state index < -0.39 is 0 Å². The molecule has 0 saturated carbocycles. The average molecular weight is 285 g/mol. The van der Waals surface area contributed by atoms with Gasteiger partial charge in [-0.05, 0) is 36.2 Å². The van der Waals surface area contributed by atoms with Gasteiger partial charge in [-0.1, -0.05) is 24.4 Å². The van der Waals surface area contributed by atoms with E-state index in [0.29, 0.717) is 17.1 Å². The van der Waals surface area contributed by atoms with Crippen LogP contribution in [0.5, 0.6) is 0 Å². The van der Waals surface area contributed by atoms with Crippen LogP contribution in [0.4, 0.5) is 0 Å². The smallest absolute Gasteiger partial charge is 0.251 e. The molecule has 0 atom stereocenters. The van der Waals surface area contributed by atoms with Crippen molar-refractivity contribution in [3.8, 4) is 0 Å². The predicted octanol–water partition coefficient (Wildman–Crippen LogP) is 1.95. The van der Waals surface area contributed by atoms with Gasteiger partial charge >= 0.3 is 0 Å².